The van der Waals surface area contributed by atoms with E-state index in [4.69, 9.17) is 20.4 Å². The number of nitrogens with zero attached hydrogens (tertiary/aromatic N) is 6. The van der Waals surface area contributed by atoms with E-state index >= 15 is 0 Å². The summed E-state index contributed by atoms with van der Waals surface area (Å²) in [5, 5.41) is 0. The van der Waals surface area contributed by atoms with Gasteiger partial charge in [0.1, 0.15) is 22.8 Å². The van der Waals surface area contributed by atoms with E-state index in [1.54, 1.807) is 25.6 Å². The van der Waals surface area contributed by atoms with Crippen LogP contribution in [0.2, 0.25) is 0 Å². The van der Waals surface area contributed by atoms with Crippen molar-refractivity contribution in [3.8, 4) is 34.2 Å². The fourth-order valence-corrected chi connectivity index (χ4v) is 4.06. The summed E-state index contributed by atoms with van der Waals surface area (Å²) in [4.78, 5) is 18.3. The highest BCUT2D eigenvalue weighted by Gasteiger charge is 2.22. The number of imidazole rings is 2. The predicted molar refractivity (Wildman–Crippen MR) is 125 cm³/mol. The van der Waals surface area contributed by atoms with Gasteiger partial charge in [0.15, 0.2) is 5.82 Å². The summed E-state index contributed by atoms with van der Waals surface area (Å²) in [6.07, 6.45) is 3.63. The molecule has 0 amide bonds. The Bertz CT molecular complexity index is 1500. The maximum atomic E-state index is 13.5. The number of fused-ring (bicyclic) bond motifs is 1. The van der Waals surface area contributed by atoms with Gasteiger partial charge in [0, 0.05) is 24.4 Å². The average molecular weight is 443 g/mol. The molecule has 0 bridgehead atoms. The second-order valence-corrected chi connectivity index (χ2v) is 7.80. The fraction of sp³-hybridized carbons (Fsp3) is 0.167. The van der Waals surface area contributed by atoms with Crippen molar-refractivity contribution in [2.45, 2.75) is 13.8 Å². The number of methoxy groups -OCH3 is 1. The lowest BCUT2D eigenvalue weighted by molar-refractivity contribution is 0.396. The standard InChI is InChI=1S/C24H22FN7O/c1-13-11-32(12-27-13)18-10-9-17(29-24(18)33-4)19-14(2)28-22(26)20-21(19)31(3)23(30-20)15-5-7-16(25)8-6-15/h5-12H,1-4H3,(H2,26,28). The lowest BCUT2D eigenvalue weighted by atomic mass is 10.1. The van der Waals surface area contributed by atoms with Gasteiger partial charge in [0.25, 0.3) is 0 Å². The van der Waals surface area contributed by atoms with Crippen LogP contribution < -0.4 is 10.5 Å². The van der Waals surface area contributed by atoms with Crippen molar-refractivity contribution in [3.63, 3.8) is 0 Å². The Labute approximate surface area is 189 Å². The van der Waals surface area contributed by atoms with Crippen molar-refractivity contribution in [2.75, 3.05) is 12.8 Å². The highest BCUT2D eigenvalue weighted by molar-refractivity contribution is 5.99. The van der Waals surface area contributed by atoms with E-state index in [1.807, 2.05) is 48.4 Å². The van der Waals surface area contributed by atoms with Gasteiger partial charge in [-0.2, -0.15) is 0 Å². The van der Waals surface area contributed by atoms with E-state index in [-0.39, 0.29) is 5.82 Å². The van der Waals surface area contributed by atoms with Crippen LogP contribution in [0.1, 0.15) is 11.4 Å². The highest BCUT2D eigenvalue weighted by atomic mass is 19.1. The maximum absolute atomic E-state index is 13.5. The molecule has 5 aromatic rings. The molecule has 2 N–H and O–H groups in total. The number of hydrogen-bond donors (Lipinski definition) is 1. The molecule has 8 nitrogen and oxygen atoms in total. The van der Waals surface area contributed by atoms with Crippen molar-refractivity contribution < 1.29 is 9.13 Å². The minimum atomic E-state index is -0.306. The van der Waals surface area contributed by atoms with Crippen LogP contribution in [0.3, 0.4) is 0 Å². The number of nitrogens with two attached hydrogens (primary N) is 1. The summed E-state index contributed by atoms with van der Waals surface area (Å²) >= 11 is 0. The molecule has 5 rings (SSSR count). The molecular weight excluding hydrogens is 421 g/mol. The molecule has 0 spiro atoms. The lowest BCUT2D eigenvalue weighted by Gasteiger charge is -2.13. The van der Waals surface area contributed by atoms with Crippen molar-refractivity contribution >= 4 is 16.9 Å². The van der Waals surface area contributed by atoms with E-state index in [0.29, 0.717) is 28.7 Å². The smallest absolute Gasteiger partial charge is 0.238 e. The number of anilines is 1. The van der Waals surface area contributed by atoms with Crippen LogP contribution >= 0.6 is 0 Å². The number of hydrogen-bond acceptors (Lipinski definition) is 6. The molecule has 0 saturated carbocycles. The number of halogens is 1. The highest BCUT2D eigenvalue weighted by Crippen LogP contribution is 2.36. The van der Waals surface area contributed by atoms with Crippen molar-refractivity contribution in [1.82, 2.24) is 29.1 Å². The van der Waals surface area contributed by atoms with Crippen molar-refractivity contribution in [2.24, 2.45) is 7.05 Å². The second kappa shape index (κ2) is 7.70. The first-order chi connectivity index (χ1) is 15.9. The first-order valence-corrected chi connectivity index (χ1v) is 10.3. The molecule has 33 heavy (non-hydrogen) atoms. The van der Waals surface area contributed by atoms with Gasteiger partial charge in [-0.3, -0.25) is 0 Å². The summed E-state index contributed by atoms with van der Waals surface area (Å²) in [7, 11) is 3.48. The number of benzene rings is 1. The van der Waals surface area contributed by atoms with Gasteiger partial charge in [-0.15, -0.1) is 0 Å². The van der Waals surface area contributed by atoms with Gasteiger partial charge in [-0.05, 0) is 50.2 Å². The number of aromatic nitrogens is 6. The third-order valence-corrected chi connectivity index (χ3v) is 5.61. The SMILES string of the molecule is COc1nc(-c2c(C)nc(N)c3nc(-c4ccc(F)cc4)n(C)c23)ccc1-n1cnc(C)c1. The zero-order valence-electron chi connectivity index (χ0n) is 18.7. The van der Waals surface area contributed by atoms with Gasteiger partial charge in [-0.25, -0.2) is 24.3 Å². The first kappa shape index (κ1) is 20.6. The molecule has 0 radical (unpaired) electrons. The summed E-state index contributed by atoms with van der Waals surface area (Å²) in [6, 6.07) is 10.0. The number of nitrogen functional groups attached to an aromatic ring is 1. The Hall–Kier alpha value is -4.27. The van der Waals surface area contributed by atoms with E-state index in [1.165, 1.54) is 12.1 Å². The molecule has 4 aromatic heterocycles. The summed E-state index contributed by atoms with van der Waals surface area (Å²) < 4.78 is 22.9. The molecule has 0 saturated heterocycles. The van der Waals surface area contributed by atoms with E-state index in [0.717, 1.165) is 33.7 Å². The fourth-order valence-electron chi connectivity index (χ4n) is 4.06. The predicted octanol–water partition coefficient (Wildman–Crippen LogP) is 4.23. The zero-order valence-corrected chi connectivity index (χ0v) is 18.7. The number of aryl methyl sites for hydroxylation is 3. The normalized spacial score (nSPS) is 11.3. The Kier molecular flexibility index (Phi) is 4.81. The zero-order chi connectivity index (χ0) is 23.3. The monoisotopic (exact) mass is 443 g/mol. The van der Waals surface area contributed by atoms with Gasteiger partial charge in [-0.1, -0.05) is 0 Å². The maximum Gasteiger partial charge on any atom is 0.238 e. The molecule has 0 atom stereocenters. The van der Waals surface area contributed by atoms with E-state index in [9.17, 15) is 4.39 Å². The van der Waals surface area contributed by atoms with Crippen LogP contribution in [0.25, 0.3) is 39.4 Å². The van der Waals surface area contributed by atoms with Crippen LogP contribution in [0, 0.1) is 19.7 Å². The van der Waals surface area contributed by atoms with Gasteiger partial charge in [0.05, 0.1) is 36.0 Å². The Morgan fingerprint density at radius 1 is 1.00 bits per heavy atom. The molecule has 0 fully saturated rings. The third kappa shape index (κ3) is 3.38. The number of pyridine rings is 2. The molecule has 9 heteroatoms. The van der Waals surface area contributed by atoms with Crippen molar-refractivity contribution in [1.29, 1.82) is 0 Å². The number of rotatable bonds is 4. The van der Waals surface area contributed by atoms with Crippen LogP contribution in [-0.4, -0.2) is 36.2 Å². The van der Waals surface area contributed by atoms with Crippen LogP contribution in [0.15, 0.2) is 48.9 Å². The van der Waals surface area contributed by atoms with E-state index in [2.05, 4.69) is 9.97 Å². The quantitative estimate of drug-likeness (QED) is 0.447. The Morgan fingerprint density at radius 3 is 2.42 bits per heavy atom. The minimum Gasteiger partial charge on any atom is -0.479 e. The third-order valence-electron chi connectivity index (χ3n) is 5.61. The topological polar surface area (TPSA) is 96.7 Å². The van der Waals surface area contributed by atoms with Gasteiger partial charge < -0.3 is 19.6 Å². The molecule has 0 unspecified atom stereocenters. The molecule has 166 valence electrons. The molecule has 0 aliphatic carbocycles. The van der Waals surface area contributed by atoms with Crippen molar-refractivity contribution in [3.05, 3.63) is 66.1 Å². The Morgan fingerprint density at radius 2 is 1.76 bits per heavy atom. The van der Waals surface area contributed by atoms with Crippen LogP contribution in [-0.2, 0) is 7.05 Å². The molecule has 0 aliphatic heterocycles. The van der Waals surface area contributed by atoms with Gasteiger partial charge in [0.2, 0.25) is 5.88 Å². The van der Waals surface area contributed by atoms with Crippen LogP contribution in [0.5, 0.6) is 5.88 Å². The molecule has 1 aromatic carbocycles. The number of ether oxygens (including phenoxy) is 1. The average Bonchev–Trinajstić information content (AvgIpc) is 3.38. The van der Waals surface area contributed by atoms with E-state index < -0.39 is 0 Å². The molecule has 4 heterocycles. The Balaban J connectivity index is 1.73. The lowest BCUT2D eigenvalue weighted by Crippen LogP contribution is -2.03. The second-order valence-electron chi connectivity index (χ2n) is 7.80. The summed E-state index contributed by atoms with van der Waals surface area (Å²) in [5.41, 5.74) is 12.2. The molecule has 0 aliphatic rings. The summed E-state index contributed by atoms with van der Waals surface area (Å²) in [5.74, 6) is 1.13. The van der Waals surface area contributed by atoms with Crippen LogP contribution in [0.4, 0.5) is 10.2 Å². The van der Waals surface area contributed by atoms with Gasteiger partial charge >= 0.3 is 0 Å². The minimum absolute atomic E-state index is 0.306. The largest absolute Gasteiger partial charge is 0.479 e. The summed E-state index contributed by atoms with van der Waals surface area (Å²) in [6.45, 7) is 3.81. The molecular formula is C24H22FN7O. The first-order valence-electron chi connectivity index (χ1n) is 10.3.